The topological polar surface area (TPSA) is 62.2 Å². The standard InChI is InChI=1S/C10H13FN2O2/c1-7(12-5-4-10(14)15)9-3-2-8(11)6-13-9/h2-3,6-7,12H,4-5H2,1H3,(H,14,15). The molecule has 0 aliphatic rings. The van der Waals surface area contributed by atoms with Gasteiger partial charge < -0.3 is 10.4 Å². The summed E-state index contributed by atoms with van der Waals surface area (Å²) in [6.45, 7) is 2.22. The van der Waals surface area contributed by atoms with Crippen LogP contribution in [0.5, 0.6) is 0 Å². The number of hydrogen-bond donors (Lipinski definition) is 2. The van der Waals surface area contributed by atoms with Crippen molar-refractivity contribution in [1.29, 1.82) is 0 Å². The minimum atomic E-state index is -0.846. The van der Waals surface area contributed by atoms with Crippen LogP contribution in [0, 0.1) is 5.82 Å². The number of pyridine rings is 1. The van der Waals surface area contributed by atoms with E-state index in [4.69, 9.17) is 5.11 Å². The lowest BCUT2D eigenvalue weighted by Crippen LogP contribution is -2.22. The molecule has 0 aliphatic carbocycles. The van der Waals surface area contributed by atoms with Crippen LogP contribution in [0.15, 0.2) is 18.3 Å². The van der Waals surface area contributed by atoms with Gasteiger partial charge in [-0.2, -0.15) is 0 Å². The zero-order valence-corrected chi connectivity index (χ0v) is 8.40. The molecule has 0 fully saturated rings. The molecule has 1 unspecified atom stereocenters. The maximum Gasteiger partial charge on any atom is 0.304 e. The van der Waals surface area contributed by atoms with Crippen LogP contribution in [-0.4, -0.2) is 22.6 Å². The quantitative estimate of drug-likeness (QED) is 0.773. The van der Waals surface area contributed by atoms with Crippen LogP contribution >= 0.6 is 0 Å². The normalized spacial score (nSPS) is 12.4. The van der Waals surface area contributed by atoms with Crippen molar-refractivity contribution in [3.05, 3.63) is 29.8 Å². The first-order valence-electron chi connectivity index (χ1n) is 4.66. The minimum Gasteiger partial charge on any atom is -0.481 e. The van der Waals surface area contributed by atoms with Crippen molar-refractivity contribution in [3.8, 4) is 0 Å². The first-order valence-corrected chi connectivity index (χ1v) is 4.66. The first kappa shape index (κ1) is 11.6. The summed E-state index contributed by atoms with van der Waals surface area (Å²) in [5.41, 5.74) is 0.696. The Hall–Kier alpha value is -1.49. The Morgan fingerprint density at radius 1 is 1.67 bits per heavy atom. The zero-order chi connectivity index (χ0) is 11.3. The van der Waals surface area contributed by atoms with Gasteiger partial charge in [0.2, 0.25) is 0 Å². The van der Waals surface area contributed by atoms with E-state index in [9.17, 15) is 9.18 Å². The molecule has 0 bridgehead atoms. The van der Waals surface area contributed by atoms with Crippen LogP contribution in [0.25, 0.3) is 0 Å². The van der Waals surface area contributed by atoms with E-state index in [1.165, 1.54) is 6.07 Å². The van der Waals surface area contributed by atoms with Crippen LogP contribution in [0.1, 0.15) is 25.1 Å². The molecule has 1 aromatic rings. The van der Waals surface area contributed by atoms with Crippen molar-refractivity contribution in [3.63, 3.8) is 0 Å². The molecule has 0 amide bonds. The Bertz CT molecular complexity index is 327. The maximum absolute atomic E-state index is 12.5. The van der Waals surface area contributed by atoms with Crippen molar-refractivity contribution >= 4 is 5.97 Å². The molecule has 0 aromatic carbocycles. The third kappa shape index (κ3) is 4.03. The second-order valence-electron chi connectivity index (χ2n) is 3.22. The van der Waals surface area contributed by atoms with Gasteiger partial charge in [-0.1, -0.05) is 0 Å². The van der Waals surface area contributed by atoms with Crippen LogP contribution in [0.4, 0.5) is 4.39 Å². The number of hydrogen-bond acceptors (Lipinski definition) is 3. The summed E-state index contributed by atoms with van der Waals surface area (Å²) < 4.78 is 12.5. The number of nitrogens with one attached hydrogen (secondary N) is 1. The largest absolute Gasteiger partial charge is 0.481 e. The van der Waals surface area contributed by atoms with Gasteiger partial charge in [0.1, 0.15) is 5.82 Å². The summed E-state index contributed by atoms with van der Waals surface area (Å²) in [5, 5.41) is 11.4. The summed E-state index contributed by atoms with van der Waals surface area (Å²) in [4.78, 5) is 14.1. The lowest BCUT2D eigenvalue weighted by Gasteiger charge is -2.11. The molecule has 5 heteroatoms. The number of rotatable bonds is 5. The van der Waals surface area contributed by atoms with Crippen molar-refractivity contribution in [1.82, 2.24) is 10.3 Å². The van der Waals surface area contributed by atoms with Crippen LogP contribution in [-0.2, 0) is 4.79 Å². The summed E-state index contributed by atoms with van der Waals surface area (Å²) in [5.74, 6) is -1.22. The van der Waals surface area contributed by atoms with E-state index < -0.39 is 5.97 Å². The Labute approximate surface area is 87.1 Å². The molecule has 0 saturated carbocycles. The van der Waals surface area contributed by atoms with E-state index in [2.05, 4.69) is 10.3 Å². The lowest BCUT2D eigenvalue weighted by molar-refractivity contribution is -0.136. The van der Waals surface area contributed by atoms with Crippen molar-refractivity contribution in [2.24, 2.45) is 0 Å². The predicted octanol–water partition coefficient (Wildman–Crippen LogP) is 1.35. The van der Waals surface area contributed by atoms with Gasteiger partial charge in [-0.25, -0.2) is 4.39 Å². The molecule has 1 heterocycles. The van der Waals surface area contributed by atoms with E-state index in [1.54, 1.807) is 6.07 Å². The van der Waals surface area contributed by atoms with Crippen LogP contribution in [0.2, 0.25) is 0 Å². The molecular weight excluding hydrogens is 199 g/mol. The maximum atomic E-state index is 12.5. The fraction of sp³-hybridized carbons (Fsp3) is 0.400. The molecule has 1 atom stereocenters. The van der Waals surface area contributed by atoms with Gasteiger partial charge in [0, 0.05) is 12.6 Å². The molecule has 0 saturated heterocycles. The number of nitrogens with zero attached hydrogens (tertiary/aromatic N) is 1. The lowest BCUT2D eigenvalue weighted by atomic mass is 10.2. The van der Waals surface area contributed by atoms with E-state index in [1.807, 2.05) is 6.92 Å². The molecule has 82 valence electrons. The van der Waals surface area contributed by atoms with Crippen molar-refractivity contribution in [2.75, 3.05) is 6.54 Å². The van der Waals surface area contributed by atoms with Crippen LogP contribution in [0.3, 0.4) is 0 Å². The predicted molar refractivity (Wildman–Crippen MR) is 52.9 cm³/mol. The van der Waals surface area contributed by atoms with Crippen molar-refractivity contribution in [2.45, 2.75) is 19.4 Å². The number of carboxylic acid groups (broad SMARTS) is 1. The third-order valence-electron chi connectivity index (χ3n) is 1.98. The minimum absolute atomic E-state index is 0.0610. The summed E-state index contributed by atoms with van der Waals surface area (Å²) >= 11 is 0. The molecular formula is C10H13FN2O2. The molecule has 0 radical (unpaired) electrons. The second kappa shape index (κ2) is 5.41. The SMILES string of the molecule is CC(NCCC(=O)O)c1ccc(F)cn1. The van der Waals surface area contributed by atoms with Crippen molar-refractivity contribution < 1.29 is 14.3 Å². The van der Waals surface area contributed by atoms with Gasteiger partial charge in [0.15, 0.2) is 0 Å². The summed E-state index contributed by atoms with van der Waals surface area (Å²) in [6, 6.07) is 2.83. The Kier molecular flexibility index (Phi) is 4.17. The highest BCUT2D eigenvalue weighted by molar-refractivity contribution is 5.66. The van der Waals surface area contributed by atoms with E-state index in [-0.39, 0.29) is 18.3 Å². The molecule has 1 aromatic heterocycles. The average Bonchev–Trinajstić information content (AvgIpc) is 2.18. The molecule has 0 spiro atoms. The van der Waals surface area contributed by atoms with E-state index in [0.717, 1.165) is 6.20 Å². The second-order valence-corrected chi connectivity index (χ2v) is 3.22. The van der Waals surface area contributed by atoms with Crippen LogP contribution < -0.4 is 5.32 Å². The summed E-state index contributed by atoms with van der Waals surface area (Å²) in [6.07, 6.45) is 1.20. The van der Waals surface area contributed by atoms with E-state index >= 15 is 0 Å². The van der Waals surface area contributed by atoms with Gasteiger partial charge in [-0.05, 0) is 19.1 Å². The fourth-order valence-corrected chi connectivity index (χ4v) is 1.14. The Morgan fingerprint density at radius 2 is 2.40 bits per heavy atom. The summed E-state index contributed by atoms with van der Waals surface area (Å²) in [7, 11) is 0. The Balaban J connectivity index is 2.43. The highest BCUT2D eigenvalue weighted by Gasteiger charge is 2.06. The molecule has 1 rings (SSSR count). The van der Waals surface area contributed by atoms with Gasteiger partial charge in [-0.15, -0.1) is 0 Å². The number of aliphatic carboxylic acids is 1. The highest BCUT2D eigenvalue weighted by Crippen LogP contribution is 2.08. The van der Waals surface area contributed by atoms with Gasteiger partial charge >= 0.3 is 5.97 Å². The fourth-order valence-electron chi connectivity index (χ4n) is 1.14. The Morgan fingerprint density at radius 3 is 2.93 bits per heavy atom. The number of carbonyl (C=O) groups is 1. The number of aromatic nitrogens is 1. The number of carboxylic acids is 1. The third-order valence-corrected chi connectivity index (χ3v) is 1.98. The monoisotopic (exact) mass is 212 g/mol. The zero-order valence-electron chi connectivity index (χ0n) is 8.40. The molecule has 15 heavy (non-hydrogen) atoms. The van der Waals surface area contributed by atoms with Gasteiger partial charge in [-0.3, -0.25) is 9.78 Å². The average molecular weight is 212 g/mol. The molecule has 4 nitrogen and oxygen atoms in total. The van der Waals surface area contributed by atoms with Gasteiger partial charge in [0.05, 0.1) is 18.3 Å². The highest BCUT2D eigenvalue weighted by atomic mass is 19.1. The molecule has 0 aliphatic heterocycles. The first-order chi connectivity index (χ1) is 7.09. The van der Waals surface area contributed by atoms with Gasteiger partial charge in [0.25, 0.3) is 0 Å². The smallest absolute Gasteiger partial charge is 0.304 e. The number of halogens is 1. The molecule has 2 N–H and O–H groups in total. The van der Waals surface area contributed by atoms with E-state index in [0.29, 0.717) is 12.2 Å².